The molecule has 0 bridgehead atoms. The Labute approximate surface area is 155 Å². The molecule has 1 N–H and O–H groups in total. The lowest BCUT2D eigenvalue weighted by Crippen LogP contribution is -2.20. The van der Waals surface area contributed by atoms with Gasteiger partial charge in [0, 0.05) is 5.75 Å². The Hall–Kier alpha value is -2.18. The van der Waals surface area contributed by atoms with Crippen LogP contribution in [0.25, 0.3) is 0 Å². The highest BCUT2D eigenvalue weighted by Crippen LogP contribution is 2.29. The Balaban J connectivity index is 1.59. The number of anilines is 1. The van der Waals surface area contributed by atoms with Gasteiger partial charge in [0.25, 0.3) is 0 Å². The van der Waals surface area contributed by atoms with Crippen molar-refractivity contribution in [3.05, 3.63) is 71.8 Å². The molecule has 128 valence electrons. The summed E-state index contributed by atoms with van der Waals surface area (Å²) in [5.41, 5.74) is 2.26. The number of benzene rings is 2. The van der Waals surface area contributed by atoms with Gasteiger partial charge in [-0.1, -0.05) is 90.7 Å². The third-order valence-corrected chi connectivity index (χ3v) is 5.81. The van der Waals surface area contributed by atoms with E-state index in [0.717, 1.165) is 22.1 Å². The molecule has 1 amide bonds. The first kappa shape index (κ1) is 17.6. The highest BCUT2D eigenvalue weighted by molar-refractivity contribution is 8.00. The molecule has 2 aromatic carbocycles. The third kappa shape index (κ3) is 4.90. The van der Waals surface area contributed by atoms with Crippen LogP contribution >= 0.6 is 23.1 Å². The minimum Gasteiger partial charge on any atom is -0.300 e. The minimum atomic E-state index is -0.175. The molecule has 0 aliphatic carbocycles. The van der Waals surface area contributed by atoms with E-state index < -0.39 is 0 Å². The lowest BCUT2D eigenvalue weighted by molar-refractivity contribution is -0.117. The molecule has 25 heavy (non-hydrogen) atoms. The summed E-state index contributed by atoms with van der Waals surface area (Å²) in [6.45, 7) is 2.01. The number of hydrogen-bond acceptors (Lipinski definition) is 5. The molecule has 1 aromatic heterocycles. The summed E-state index contributed by atoms with van der Waals surface area (Å²) in [6, 6.07) is 20.0. The summed E-state index contributed by atoms with van der Waals surface area (Å²) in [4.78, 5) is 12.6. The largest absolute Gasteiger partial charge is 0.300 e. The van der Waals surface area contributed by atoms with Crippen molar-refractivity contribution in [3.63, 3.8) is 0 Å². The second-order valence-corrected chi connectivity index (χ2v) is 7.71. The van der Waals surface area contributed by atoms with Gasteiger partial charge in [-0.25, -0.2) is 0 Å². The molecule has 3 rings (SSSR count). The molecule has 0 saturated heterocycles. The Morgan fingerprint density at radius 3 is 2.44 bits per heavy atom. The number of aromatic nitrogens is 2. The minimum absolute atomic E-state index is 0.0375. The molecule has 4 nitrogen and oxygen atoms in total. The monoisotopic (exact) mass is 369 g/mol. The predicted octanol–water partition coefficient (Wildman–Crippen LogP) is 4.96. The normalized spacial score (nSPS) is 11.9. The van der Waals surface area contributed by atoms with E-state index in [2.05, 4.69) is 27.6 Å². The average molecular weight is 370 g/mol. The summed E-state index contributed by atoms with van der Waals surface area (Å²) < 4.78 is 0.854. The molecule has 6 heteroatoms. The number of nitrogens with zero attached hydrogens (tertiary/aromatic N) is 2. The van der Waals surface area contributed by atoms with E-state index in [0.29, 0.717) is 5.13 Å². The van der Waals surface area contributed by atoms with Crippen LogP contribution in [0.1, 0.15) is 30.4 Å². The summed E-state index contributed by atoms with van der Waals surface area (Å²) in [5.74, 6) is 0.625. The van der Waals surface area contributed by atoms with Gasteiger partial charge in [0.2, 0.25) is 11.0 Å². The Morgan fingerprint density at radius 2 is 1.76 bits per heavy atom. The van der Waals surface area contributed by atoms with Gasteiger partial charge in [-0.3, -0.25) is 10.1 Å². The molecule has 1 atom stereocenters. The molecule has 0 spiro atoms. The van der Waals surface area contributed by atoms with Crippen LogP contribution in [-0.4, -0.2) is 16.1 Å². The highest BCUT2D eigenvalue weighted by atomic mass is 32.2. The number of amides is 1. The van der Waals surface area contributed by atoms with Gasteiger partial charge in [0.1, 0.15) is 0 Å². The number of carbonyl (C=O) groups is 1. The van der Waals surface area contributed by atoms with Crippen molar-refractivity contribution in [3.8, 4) is 0 Å². The average Bonchev–Trinajstić information content (AvgIpc) is 3.10. The zero-order chi connectivity index (χ0) is 17.5. The van der Waals surface area contributed by atoms with Crippen LogP contribution < -0.4 is 5.32 Å². The van der Waals surface area contributed by atoms with Crippen LogP contribution in [0.2, 0.25) is 0 Å². The van der Waals surface area contributed by atoms with Crippen LogP contribution in [0.4, 0.5) is 5.13 Å². The van der Waals surface area contributed by atoms with E-state index in [1.54, 1.807) is 11.8 Å². The second kappa shape index (κ2) is 8.78. The Kier molecular flexibility index (Phi) is 6.19. The SMILES string of the molecule is CC[C@H](C(=O)Nc1nnc(SCc2ccccc2)s1)c1ccccc1. The zero-order valence-electron chi connectivity index (χ0n) is 13.9. The van der Waals surface area contributed by atoms with Crippen LogP contribution in [0.5, 0.6) is 0 Å². The number of rotatable bonds is 7. The van der Waals surface area contributed by atoms with E-state index >= 15 is 0 Å². The quantitative estimate of drug-likeness (QED) is 0.472. The maximum atomic E-state index is 12.6. The molecule has 0 unspecified atom stereocenters. The molecule has 0 aliphatic rings. The van der Waals surface area contributed by atoms with Crippen LogP contribution in [0.15, 0.2) is 65.0 Å². The van der Waals surface area contributed by atoms with E-state index in [1.165, 1.54) is 16.9 Å². The van der Waals surface area contributed by atoms with Crippen molar-refractivity contribution in [2.75, 3.05) is 5.32 Å². The summed E-state index contributed by atoms with van der Waals surface area (Å²) in [7, 11) is 0. The fraction of sp³-hybridized carbons (Fsp3) is 0.211. The first-order chi connectivity index (χ1) is 12.3. The van der Waals surface area contributed by atoms with Gasteiger partial charge in [-0.2, -0.15) is 0 Å². The van der Waals surface area contributed by atoms with E-state index in [9.17, 15) is 4.79 Å². The van der Waals surface area contributed by atoms with Gasteiger partial charge < -0.3 is 0 Å². The van der Waals surface area contributed by atoms with Gasteiger partial charge in [-0.15, -0.1) is 10.2 Å². The lowest BCUT2D eigenvalue weighted by Gasteiger charge is -2.13. The number of thioether (sulfide) groups is 1. The Morgan fingerprint density at radius 1 is 1.08 bits per heavy atom. The van der Waals surface area contributed by atoms with Crippen LogP contribution in [0, 0.1) is 0 Å². The summed E-state index contributed by atoms with van der Waals surface area (Å²) in [6.07, 6.45) is 0.740. The van der Waals surface area contributed by atoms with Crippen molar-refractivity contribution in [2.45, 2.75) is 29.4 Å². The Bertz CT molecular complexity index is 806. The van der Waals surface area contributed by atoms with Crippen LogP contribution in [-0.2, 0) is 10.5 Å². The number of nitrogens with one attached hydrogen (secondary N) is 1. The fourth-order valence-corrected chi connectivity index (χ4v) is 4.20. The van der Waals surface area contributed by atoms with Gasteiger partial charge in [0.15, 0.2) is 4.34 Å². The molecular formula is C19H19N3OS2. The van der Waals surface area contributed by atoms with Gasteiger partial charge >= 0.3 is 0 Å². The van der Waals surface area contributed by atoms with E-state index in [-0.39, 0.29) is 11.8 Å². The van der Waals surface area contributed by atoms with Crippen molar-refractivity contribution in [2.24, 2.45) is 0 Å². The summed E-state index contributed by atoms with van der Waals surface area (Å²) >= 11 is 3.04. The first-order valence-electron chi connectivity index (χ1n) is 8.12. The van der Waals surface area contributed by atoms with Crippen molar-refractivity contribution in [1.29, 1.82) is 0 Å². The molecule has 0 saturated carbocycles. The van der Waals surface area contributed by atoms with E-state index in [1.807, 2.05) is 55.5 Å². The van der Waals surface area contributed by atoms with Crippen molar-refractivity contribution in [1.82, 2.24) is 10.2 Å². The van der Waals surface area contributed by atoms with Crippen molar-refractivity contribution >= 4 is 34.1 Å². The molecule has 0 radical (unpaired) electrons. The van der Waals surface area contributed by atoms with Gasteiger partial charge in [-0.05, 0) is 17.5 Å². The summed E-state index contributed by atoms with van der Waals surface area (Å²) in [5, 5.41) is 11.7. The number of carbonyl (C=O) groups excluding carboxylic acids is 1. The topological polar surface area (TPSA) is 54.9 Å². The maximum Gasteiger partial charge on any atom is 0.233 e. The lowest BCUT2D eigenvalue weighted by atomic mass is 9.96. The molecule has 1 heterocycles. The zero-order valence-corrected chi connectivity index (χ0v) is 15.5. The first-order valence-corrected chi connectivity index (χ1v) is 9.92. The van der Waals surface area contributed by atoms with Crippen molar-refractivity contribution < 1.29 is 4.79 Å². The predicted molar refractivity (Wildman–Crippen MR) is 104 cm³/mol. The molecule has 0 fully saturated rings. The third-order valence-electron chi connectivity index (χ3n) is 3.77. The molecule has 3 aromatic rings. The molecule has 0 aliphatic heterocycles. The smallest absolute Gasteiger partial charge is 0.233 e. The molecular weight excluding hydrogens is 350 g/mol. The standard InChI is InChI=1S/C19H19N3OS2/c1-2-16(15-11-7-4-8-12-15)17(23)20-18-21-22-19(25-18)24-13-14-9-5-3-6-10-14/h3-12,16H,2,13H2,1H3,(H,20,21,23)/t16-/m0/s1. The maximum absolute atomic E-state index is 12.6. The highest BCUT2D eigenvalue weighted by Gasteiger charge is 2.20. The van der Waals surface area contributed by atoms with Crippen LogP contribution in [0.3, 0.4) is 0 Å². The van der Waals surface area contributed by atoms with Gasteiger partial charge in [0.05, 0.1) is 5.92 Å². The number of hydrogen-bond donors (Lipinski definition) is 1. The van der Waals surface area contributed by atoms with E-state index in [4.69, 9.17) is 0 Å². The second-order valence-electron chi connectivity index (χ2n) is 5.51. The fourth-order valence-electron chi connectivity index (χ4n) is 2.49.